The average molecular weight is 355 g/mol. The fourth-order valence-electron chi connectivity index (χ4n) is 1.87. The Morgan fingerprint density at radius 3 is 2.61 bits per heavy atom. The van der Waals surface area contributed by atoms with Gasteiger partial charge in [0.05, 0.1) is 9.95 Å². The number of amides is 1. The van der Waals surface area contributed by atoms with E-state index in [9.17, 15) is 14.9 Å². The Kier molecular flexibility index (Phi) is 5.41. The Bertz CT molecular complexity index is 765. The average Bonchev–Trinajstić information content (AvgIpc) is 2.46. The zero-order chi connectivity index (χ0) is 17.0. The van der Waals surface area contributed by atoms with Gasteiger partial charge < -0.3 is 10.1 Å². The molecule has 0 fully saturated rings. The highest BCUT2D eigenvalue weighted by atomic mass is 35.5. The number of rotatable bonds is 5. The number of carbonyl (C=O) groups excluding carboxylic acids is 1. The molecule has 0 atom stereocenters. The standard InChI is InChI=1S/C15H12Cl2N2O4/c1-9-6-11(3-4-13(9)19(21)22)18-15(20)8-23-14-5-2-10(16)7-12(14)17/h2-7H,8H2,1H3,(H,18,20). The molecule has 2 aromatic rings. The van der Waals surface area contributed by atoms with Gasteiger partial charge in [0.2, 0.25) is 0 Å². The first kappa shape index (κ1) is 17.1. The second-order valence-electron chi connectivity index (χ2n) is 4.67. The van der Waals surface area contributed by atoms with Crippen molar-refractivity contribution >= 4 is 40.5 Å². The highest BCUT2D eigenvalue weighted by Crippen LogP contribution is 2.27. The Morgan fingerprint density at radius 1 is 1.26 bits per heavy atom. The van der Waals surface area contributed by atoms with Gasteiger partial charge in [-0.25, -0.2) is 0 Å². The number of benzene rings is 2. The Hall–Kier alpha value is -2.31. The smallest absolute Gasteiger partial charge is 0.272 e. The molecule has 120 valence electrons. The molecule has 0 spiro atoms. The summed E-state index contributed by atoms with van der Waals surface area (Å²) in [5.41, 5.74) is 0.894. The third-order valence-electron chi connectivity index (χ3n) is 2.93. The van der Waals surface area contributed by atoms with Gasteiger partial charge in [0.1, 0.15) is 5.75 Å². The second kappa shape index (κ2) is 7.30. The maximum absolute atomic E-state index is 11.9. The van der Waals surface area contributed by atoms with E-state index in [0.29, 0.717) is 27.0 Å². The number of anilines is 1. The lowest BCUT2D eigenvalue weighted by molar-refractivity contribution is -0.385. The number of aryl methyl sites for hydroxylation is 1. The van der Waals surface area contributed by atoms with E-state index >= 15 is 0 Å². The molecular formula is C15H12Cl2N2O4. The molecule has 1 amide bonds. The summed E-state index contributed by atoms with van der Waals surface area (Å²) in [4.78, 5) is 22.1. The number of halogens is 2. The van der Waals surface area contributed by atoms with Crippen LogP contribution in [-0.2, 0) is 4.79 Å². The molecule has 2 aromatic carbocycles. The quantitative estimate of drug-likeness (QED) is 0.643. The number of nitrogens with one attached hydrogen (secondary N) is 1. The van der Waals surface area contributed by atoms with E-state index in [1.807, 2.05) is 0 Å². The SMILES string of the molecule is Cc1cc(NC(=O)COc2ccc(Cl)cc2Cl)ccc1[N+](=O)[O-]. The molecule has 0 bridgehead atoms. The largest absolute Gasteiger partial charge is 0.482 e. The van der Waals surface area contributed by atoms with Crippen LogP contribution < -0.4 is 10.1 Å². The number of carbonyl (C=O) groups is 1. The first-order valence-electron chi connectivity index (χ1n) is 6.49. The summed E-state index contributed by atoms with van der Waals surface area (Å²) in [6, 6.07) is 8.98. The second-order valence-corrected chi connectivity index (χ2v) is 5.51. The maximum atomic E-state index is 11.9. The Labute approximate surface area is 142 Å². The summed E-state index contributed by atoms with van der Waals surface area (Å²) in [5, 5.41) is 14.1. The molecule has 0 saturated heterocycles. The van der Waals surface area contributed by atoms with Gasteiger partial charge in [-0.3, -0.25) is 14.9 Å². The Morgan fingerprint density at radius 2 is 2.00 bits per heavy atom. The first-order chi connectivity index (χ1) is 10.9. The van der Waals surface area contributed by atoms with Crippen molar-refractivity contribution < 1.29 is 14.5 Å². The summed E-state index contributed by atoms with van der Waals surface area (Å²) in [5.74, 6) is -0.0737. The predicted octanol–water partition coefficient (Wildman–Crippen LogP) is 4.23. The molecule has 2 rings (SSSR count). The van der Waals surface area contributed by atoms with E-state index in [4.69, 9.17) is 27.9 Å². The number of hydrogen-bond donors (Lipinski definition) is 1. The molecule has 0 saturated carbocycles. The van der Waals surface area contributed by atoms with Crippen molar-refractivity contribution in [2.45, 2.75) is 6.92 Å². The third kappa shape index (κ3) is 4.58. The molecular weight excluding hydrogens is 343 g/mol. The molecule has 0 radical (unpaired) electrons. The fraction of sp³-hybridized carbons (Fsp3) is 0.133. The molecule has 8 heteroatoms. The number of nitro benzene ring substituents is 1. The van der Waals surface area contributed by atoms with Crippen LogP contribution in [0.25, 0.3) is 0 Å². The van der Waals surface area contributed by atoms with E-state index in [1.165, 1.54) is 24.3 Å². The monoisotopic (exact) mass is 354 g/mol. The molecule has 6 nitrogen and oxygen atoms in total. The number of nitro groups is 1. The lowest BCUT2D eigenvalue weighted by Crippen LogP contribution is -2.20. The van der Waals surface area contributed by atoms with E-state index in [2.05, 4.69) is 5.32 Å². The van der Waals surface area contributed by atoms with Gasteiger partial charge in [0, 0.05) is 22.3 Å². The summed E-state index contributed by atoms with van der Waals surface area (Å²) >= 11 is 11.7. The van der Waals surface area contributed by atoms with Gasteiger partial charge in [-0.2, -0.15) is 0 Å². The van der Waals surface area contributed by atoms with Crippen molar-refractivity contribution in [3.63, 3.8) is 0 Å². The van der Waals surface area contributed by atoms with E-state index in [-0.39, 0.29) is 12.3 Å². The normalized spacial score (nSPS) is 10.2. The van der Waals surface area contributed by atoms with Crippen molar-refractivity contribution in [2.24, 2.45) is 0 Å². The lowest BCUT2D eigenvalue weighted by atomic mass is 10.2. The molecule has 23 heavy (non-hydrogen) atoms. The van der Waals surface area contributed by atoms with Crippen LogP contribution in [0.5, 0.6) is 5.75 Å². The molecule has 0 aliphatic carbocycles. The van der Waals surface area contributed by atoms with E-state index in [1.54, 1.807) is 19.1 Å². The lowest BCUT2D eigenvalue weighted by Gasteiger charge is -2.09. The first-order valence-corrected chi connectivity index (χ1v) is 7.25. The summed E-state index contributed by atoms with van der Waals surface area (Å²) in [6.07, 6.45) is 0. The minimum Gasteiger partial charge on any atom is -0.482 e. The van der Waals surface area contributed by atoms with Crippen LogP contribution >= 0.6 is 23.2 Å². The van der Waals surface area contributed by atoms with E-state index in [0.717, 1.165) is 0 Å². The Balaban J connectivity index is 1.97. The third-order valence-corrected chi connectivity index (χ3v) is 3.46. The van der Waals surface area contributed by atoms with Crippen LogP contribution in [0.2, 0.25) is 10.0 Å². The minimum absolute atomic E-state index is 0.00723. The molecule has 0 aromatic heterocycles. The zero-order valence-corrected chi connectivity index (χ0v) is 13.5. The number of ether oxygens (including phenoxy) is 1. The minimum atomic E-state index is -0.480. The van der Waals surface area contributed by atoms with Crippen LogP contribution in [0, 0.1) is 17.0 Å². The van der Waals surface area contributed by atoms with Crippen molar-refractivity contribution in [2.75, 3.05) is 11.9 Å². The van der Waals surface area contributed by atoms with Crippen LogP contribution in [0.1, 0.15) is 5.56 Å². The maximum Gasteiger partial charge on any atom is 0.272 e. The van der Waals surface area contributed by atoms with Gasteiger partial charge in [-0.1, -0.05) is 23.2 Å². The molecule has 0 aliphatic rings. The van der Waals surface area contributed by atoms with Crippen LogP contribution in [0.15, 0.2) is 36.4 Å². The van der Waals surface area contributed by atoms with Crippen LogP contribution in [0.3, 0.4) is 0 Å². The molecule has 1 N–H and O–H groups in total. The van der Waals surface area contributed by atoms with Gasteiger partial charge >= 0.3 is 0 Å². The summed E-state index contributed by atoms with van der Waals surface area (Å²) in [6.45, 7) is 1.34. The summed E-state index contributed by atoms with van der Waals surface area (Å²) < 4.78 is 5.31. The van der Waals surface area contributed by atoms with Crippen molar-refractivity contribution in [1.82, 2.24) is 0 Å². The molecule has 0 aliphatic heterocycles. The zero-order valence-electron chi connectivity index (χ0n) is 12.0. The molecule has 0 heterocycles. The number of nitrogens with zero attached hydrogens (tertiary/aromatic N) is 1. The fourth-order valence-corrected chi connectivity index (χ4v) is 2.33. The van der Waals surface area contributed by atoms with Gasteiger partial charge in [0.15, 0.2) is 6.61 Å². The highest BCUT2D eigenvalue weighted by molar-refractivity contribution is 6.35. The van der Waals surface area contributed by atoms with E-state index < -0.39 is 10.8 Å². The van der Waals surface area contributed by atoms with Crippen molar-refractivity contribution in [3.8, 4) is 5.75 Å². The van der Waals surface area contributed by atoms with Crippen LogP contribution in [0.4, 0.5) is 11.4 Å². The van der Waals surface area contributed by atoms with Gasteiger partial charge in [-0.15, -0.1) is 0 Å². The number of hydrogen-bond acceptors (Lipinski definition) is 4. The topological polar surface area (TPSA) is 81.5 Å². The highest BCUT2D eigenvalue weighted by Gasteiger charge is 2.12. The van der Waals surface area contributed by atoms with Crippen molar-refractivity contribution in [3.05, 3.63) is 62.1 Å². The van der Waals surface area contributed by atoms with Crippen molar-refractivity contribution in [1.29, 1.82) is 0 Å². The predicted molar refractivity (Wildman–Crippen MR) is 88.4 cm³/mol. The van der Waals surface area contributed by atoms with Crippen LogP contribution in [-0.4, -0.2) is 17.4 Å². The van der Waals surface area contributed by atoms with Gasteiger partial charge in [-0.05, 0) is 37.3 Å². The molecule has 0 unspecified atom stereocenters. The summed E-state index contributed by atoms with van der Waals surface area (Å²) in [7, 11) is 0. The van der Waals surface area contributed by atoms with Gasteiger partial charge in [0.25, 0.3) is 11.6 Å².